The monoisotopic (exact) mass is 593 g/mol. The van der Waals surface area contributed by atoms with E-state index in [9.17, 15) is 14.4 Å². The van der Waals surface area contributed by atoms with Crippen molar-refractivity contribution in [2.75, 3.05) is 13.2 Å². The Morgan fingerprint density at radius 2 is 1.60 bits per heavy atom. The summed E-state index contributed by atoms with van der Waals surface area (Å²) in [6.07, 6.45) is 3.11. The molecule has 10 heteroatoms. The summed E-state index contributed by atoms with van der Waals surface area (Å²) in [6, 6.07) is 9.31. The molecule has 5 rings (SSSR count). The number of aliphatic hydroxyl groups excluding tert-OH is 1. The molecule has 1 amide bonds. The first-order valence-corrected chi connectivity index (χ1v) is 14.2. The van der Waals surface area contributed by atoms with Crippen molar-refractivity contribution >= 4 is 17.8 Å². The van der Waals surface area contributed by atoms with Crippen LogP contribution < -0.4 is 14.8 Å². The minimum atomic E-state index is -1.85. The fourth-order valence-corrected chi connectivity index (χ4v) is 5.20. The van der Waals surface area contributed by atoms with Crippen molar-refractivity contribution in [1.29, 1.82) is 0 Å². The SMILES string of the molecule is Cc1cc2c(cc1F)C1(OC(=O)c3ccc(C(=O)NCCCCCCO)cc31)c1cc(F)c(OC(=O)C(C)(C)C)cc1O2. The number of unbranched alkanes of at least 4 members (excludes halogenated alkanes) is 3. The lowest BCUT2D eigenvalue weighted by atomic mass is 9.77. The molecule has 2 heterocycles. The Morgan fingerprint density at radius 1 is 0.930 bits per heavy atom. The number of fused-ring (bicyclic) bond motifs is 6. The molecular formula is C33H33F2NO7. The van der Waals surface area contributed by atoms with Crippen LogP contribution in [0.2, 0.25) is 0 Å². The van der Waals surface area contributed by atoms with Crippen LogP contribution >= 0.6 is 0 Å². The molecule has 3 aromatic rings. The molecule has 2 N–H and O–H groups in total. The smallest absolute Gasteiger partial charge is 0.340 e. The number of benzene rings is 3. The number of nitrogens with one attached hydrogen (secondary N) is 1. The second-order valence-corrected chi connectivity index (χ2v) is 11.8. The summed E-state index contributed by atoms with van der Waals surface area (Å²) in [4.78, 5) is 38.9. The van der Waals surface area contributed by atoms with Crippen LogP contribution in [-0.4, -0.2) is 36.1 Å². The van der Waals surface area contributed by atoms with Gasteiger partial charge in [0, 0.05) is 30.3 Å². The maximum Gasteiger partial charge on any atom is 0.340 e. The summed E-state index contributed by atoms with van der Waals surface area (Å²) in [5, 5.41) is 11.8. The summed E-state index contributed by atoms with van der Waals surface area (Å²) >= 11 is 0. The molecule has 0 saturated heterocycles. The van der Waals surface area contributed by atoms with Gasteiger partial charge in [0.15, 0.2) is 17.2 Å². The molecule has 2 aliphatic rings. The van der Waals surface area contributed by atoms with Gasteiger partial charge in [-0.05, 0) is 82.5 Å². The molecule has 0 aliphatic carbocycles. The number of hydrogen-bond donors (Lipinski definition) is 2. The highest BCUT2D eigenvalue weighted by molar-refractivity contribution is 6.00. The predicted molar refractivity (Wildman–Crippen MR) is 152 cm³/mol. The third kappa shape index (κ3) is 5.47. The number of ether oxygens (including phenoxy) is 3. The van der Waals surface area contributed by atoms with Gasteiger partial charge in [0.1, 0.15) is 17.3 Å². The average Bonchev–Trinajstić information content (AvgIpc) is 3.24. The third-order valence-electron chi connectivity index (χ3n) is 7.59. The predicted octanol–water partition coefficient (Wildman–Crippen LogP) is 6.08. The Kier molecular flexibility index (Phi) is 8.00. The molecule has 1 atom stereocenters. The number of hydrogen-bond acceptors (Lipinski definition) is 7. The van der Waals surface area contributed by atoms with E-state index in [0.29, 0.717) is 13.0 Å². The number of aryl methyl sites for hydroxylation is 1. The molecule has 0 aromatic heterocycles. The van der Waals surface area contributed by atoms with Crippen LogP contribution in [-0.2, 0) is 15.1 Å². The van der Waals surface area contributed by atoms with Gasteiger partial charge in [-0.15, -0.1) is 0 Å². The summed E-state index contributed by atoms with van der Waals surface area (Å²) in [5.41, 5.74) is -1.76. The quantitative estimate of drug-likeness (QED) is 0.185. The normalized spacial score (nSPS) is 16.6. The van der Waals surface area contributed by atoms with Gasteiger partial charge in [0.25, 0.3) is 5.91 Å². The van der Waals surface area contributed by atoms with E-state index >= 15 is 8.78 Å². The van der Waals surface area contributed by atoms with Gasteiger partial charge in [-0.25, -0.2) is 13.6 Å². The lowest BCUT2D eigenvalue weighted by Gasteiger charge is -2.37. The molecule has 1 spiro atoms. The van der Waals surface area contributed by atoms with E-state index < -0.39 is 40.5 Å². The number of carbonyl (C=O) groups excluding carboxylic acids is 3. The van der Waals surface area contributed by atoms with E-state index in [0.717, 1.165) is 25.3 Å². The number of amides is 1. The highest BCUT2D eigenvalue weighted by Gasteiger charge is 2.54. The van der Waals surface area contributed by atoms with E-state index in [1.54, 1.807) is 27.7 Å². The number of carbonyl (C=O) groups is 3. The van der Waals surface area contributed by atoms with Gasteiger partial charge in [-0.2, -0.15) is 0 Å². The topological polar surface area (TPSA) is 111 Å². The van der Waals surface area contributed by atoms with Crippen LogP contribution in [0.4, 0.5) is 8.78 Å². The zero-order valence-electron chi connectivity index (χ0n) is 24.4. The minimum absolute atomic E-state index is 0.0370. The largest absolute Gasteiger partial charge is 0.456 e. The van der Waals surface area contributed by atoms with Crippen LogP contribution in [0.3, 0.4) is 0 Å². The number of esters is 2. The van der Waals surface area contributed by atoms with Crippen molar-refractivity contribution in [2.24, 2.45) is 5.41 Å². The zero-order valence-corrected chi connectivity index (χ0v) is 24.4. The van der Waals surface area contributed by atoms with E-state index in [2.05, 4.69) is 5.32 Å². The van der Waals surface area contributed by atoms with Crippen molar-refractivity contribution in [2.45, 2.75) is 59.0 Å². The van der Waals surface area contributed by atoms with Crippen LogP contribution in [0.15, 0.2) is 42.5 Å². The van der Waals surface area contributed by atoms with Crippen molar-refractivity contribution in [1.82, 2.24) is 5.32 Å². The number of aliphatic hydroxyl groups is 1. The van der Waals surface area contributed by atoms with Crippen LogP contribution in [0.5, 0.6) is 17.2 Å². The molecule has 0 saturated carbocycles. The van der Waals surface area contributed by atoms with Gasteiger partial charge in [-0.1, -0.05) is 12.8 Å². The average molecular weight is 594 g/mol. The lowest BCUT2D eigenvalue weighted by Crippen LogP contribution is -2.34. The summed E-state index contributed by atoms with van der Waals surface area (Å²) in [7, 11) is 0. The van der Waals surface area contributed by atoms with Crippen LogP contribution in [0, 0.1) is 24.0 Å². The van der Waals surface area contributed by atoms with Gasteiger partial charge >= 0.3 is 11.9 Å². The first kappa shape index (κ1) is 30.2. The maximum atomic E-state index is 15.6. The molecular weight excluding hydrogens is 560 g/mol. The Bertz CT molecular complexity index is 1630. The van der Waals surface area contributed by atoms with Gasteiger partial charge in [0.2, 0.25) is 0 Å². The van der Waals surface area contributed by atoms with Crippen LogP contribution in [0.1, 0.15) is 89.4 Å². The lowest BCUT2D eigenvalue weighted by molar-refractivity contribution is -0.143. The van der Waals surface area contributed by atoms with E-state index in [1.165, 1.54) is 36.4 Å². The van der Waals surface area contributed by atoms with Crippen LogP contribution in [0.25, 0.3) is 0 Å². The molecule has 0 fully saturated rings. The maximum absolute atomic E-state index is 15.6. The van der Waals surface area contributed by atoms with Gasteiger partial charge < -0.3 is 24.6 Å². The van der Waals surface area contributed by atoms with Crippen molar-refractivity contribution in [3.63, 3.8) is 0 Å². The van der Waals surface area contributed by atoms with Crippen molar-refractivity contribution in [3.05, 3.63) is 87.5 Å². The minimum Gasteiger partial charge on any atom is -0.456 e. The molecule has 226 valence electrons. The van der Waals surface area contributed by atoms with Crippen molar-refractivity contribution in [3.8, 4) is 17.2 Å². The first-order valence-electron chi connectivity index (χ1n) is 14.2. The second-order valence-electron chi connectivity index (χ2n) is 11.8. The summed E-state index contributed by atoms with van der Waals surface area (Å²) in [5.74, 6) is -3.51. The summed E-state index contributed by atoms with van der Waals surface area (Å²) in [6.45, 7) is 6.97. The molecule has 0 radical (unpaired) electrons. The third-order valence-corrected chi connectivity index (χ3v) is 7.59. The van der Waals surface area contributed by atoms with Gasteiger partial charge in [0.05, 0.1) is 22.1 Å². The Morgan fingerprint density at radius 3 is 2.30 bits per heavy atom. The number of halogens is 2. The first-order chi connectivity index (χ1) is 20.4. The van der Waals surface area contributed by atoms with Crippen molar-refractivity contribution < 1.29 is 42.5 Å². The number of rotatable bonds is 8. The molecule has 0 bridgehead atoms. The Labute approximate surface area is 248 Å². The molecule has 2 aliphatic heterocycles. The van der Waals surface area contributed by atoms with E-state index in [4.69, 9.17) is 19.3 Å². The zero-order chi connectivity index (χ0) is 31.1. The fourth-order valence-electron chi connectivity index (χ4n) is 5.20. The standard InChI is InChI=1S/C33H33F2NO7/c1-18-13-26-22(15-24(18)34)33(23-16-25(35)28(17-27(23)41-26)42-31(40)32(2,3)4)21-14-19(9-10-20(21)30(39)43-33)29(38)36-11-7-5-6-8-12-37/h9-10,13-17,37H,5-8,11-12H2,1-4H3,(H,36,38). The Hall–Kier alpha value is -4.31. The van der Waals surface area contributed by atoms with E-state index in [-0.39, 0.29) is 57.2 Å². The van der Waals surface area contributed by atoms with Gasteiger partial charge in [-0.3, -0.25) is 9.59 Å². The Balaban J connectivity index is 1.61. The highest BCUT2D eigenvalue weighted by Crippen LogP contribution is 2.57. The molecule has 3 aromatic carbocycles. The summed E-state index contributed by atoms with van der Waals surface area (Å²) < 4.78 is 48.0. The molecule has 43 heavy (non-hydrogen) atoms. The molecule has 8 nitrogen and oxygen atoms in total. The molecule has 1 unspecified atom stereocenters. The fraction of sp³-hybridized carbons (Fsp3) is 0.364. The highest BCUT2D eigenvalue weighted by atomic mass is 19.1. The van der Waals surface area contributed by atoms with E-state index in [1.807, 2.05) is 0 Å². The second kappa shape index (κ2) is 11.4.